The van der Waals surface area contributed by atoms with Gasteiger partial charge in [0.25, 0.3) is 0 Å². The van der Waals surface area contributed by atoms with Crippen molar-refractivity contribution in [3.8, 4) is 5.69 Å². The van der Waals surface area contributed by atoms with Crippen molar-refractivity contribution in [1.82, 2.24) is 19.7 Å². The van der Waals surface area contributed by atoms with E-state index in [9.17, 15) is 4.79 Å². The minimum atomic E-state index is -0.517. The maximum absolute atomic E-state index is 12.9. The first kappa shape index (κ1) is 20.1. The van der Waals surface area contributed by atoms with Crippen LogP contribution in [0.1, 0.15) is 35.2 Å². The van der Waals surface area contributed by atoms with Gasteiger partial charge < -0.3 is 5.32 Å². The number of carbonyl (C=O) groups is 1. The van der Waals surface area contributed by atoms with Gasteiger partial charge in [-0.2, -0.15) is 0 Å². The molecule has 1 aliphatic rings. The minimum Gasteiger partial charge on any atom is -0.326 e. The van der Waals surface area contributed by atoms with Crippen LogP contribution in [0.25, 0.3) is 5.69 Å². The first-order chi connectivity index (χ1) is 15.6. The van der Waals surface area contributed by atoms with Gasteiger partial charge in [0, 0.05) is 34.2 Å². The number of hydrogen-bond acceptors (Lipinski definition) is 5. The van der Waals surface area contributed by atoms with E-state index in [1.807, 2.05) is 60.0 Å². The Hall–Kier alpha value is -3.84. The smallest absolute Gasteiger partial charge is 0.227 e. The Labute approximate surface area is 189 Å². The largest absolute Gasteiger partial charge is 0.326 e. The molecule has 0 radical (unpaired) electrons. The normalized spacial score (nSPS) is 14.7. The monoisotopic (exact) mass is 442 g/mol. The Morgan fingerprint density at radius 2 is 1.78 bits per heavy atom. The molecule has 0 saturated carbocycles. The van der Waals surface area contributed by atoms with Gasteiger partial charge in [-0.3, -0.25) is 19.3 Å². The second kappa shape index (κ2) is 8.36. The molecule has 1 amide bonds. The lowest BCUT2D eigenvalue weighted by molar-refractivity contribution is -0.116. The van der Waals surface area contributed by atoms with Gasteiger partial charge in [0.15, 0.2) is 5.82 Å². The summed E-state index contributed by atoms with van der Waals surface area (Å²) in [6, 6.07) is 18.5. The average molecular weight is 443 g/mol. The van der Waals surface area contributed by atoms with Crippen LogP contribution in [0, 0.1) is 6.92 Å². The van der Waals surface area contributed by atoms with E-state index >= 15 is 0 Å². The minimum absolute atomic E-state index is 0.117. The van der Waals surface area contributed by atoms with E-state index < -0.39 is 6.04 Å². The second-order valence-electron chi connectivity index (χ2n) is 7.45. The van der Waals surface area contributed by atoms with Crippen LogP contribution in [0.5, 0.6) is 0 Å². The van der Waals surface area contributed by atoms with Gasteiger partial charge in [-0.05, 0) is 37.3 Å². The van der Waals surface area contributed by atoms with E-state index in [2.05, 4.69) is 20.5 Å². The average Bonchev–Trinajstić information content (AvgIpc) is 3.13. The fourth-order valence-electron chi connectivity index (χ4n) is 3.84. The van der Waals surface area contributed by atoms with E-state index in [0.717, 1.165) is 28.4 Å². The highest BCUT2D eigenvalue weighted by Crippen LogP contribution is 2.32. The van der Waals surface area contributed by atoms with Crippen LogP contribution in [0.15, 0.2) is 78.0 Å². The number of amides is 1. The van der Waals surface area contributed by atoms with E-state index in [4.69, 9.17) is 16.6 Å². The summed E-state index contributed by atoms with van der Waals surface area (Å²) >= 11 is 6.11. The predicted octanol–water partition coefficient (Wildman–Crippen LogP) is 4.55. The summed E-state index contributed by atoms with van der Waals surface area (Å²) in [5.74, 6) is 1.20. The maximum atomic E-state index is 12.9. The highest BCUT2D eigenvalue weighted by atomic mass is 35.5. The number of benzene rings is 2. The molecule has 0 saturated heterocycles. The quantitative estimate of drug-likeness (QED) is 0.502. The van der Waals surface area contributed by atoms with Crippen LogP contribution >= 0.6 is 11.6 Å². The molecule has 1 unspecified atom stereocenters. The van der Waals surface area contributed by atoms with Crippen molar-refractivity contribution in [2.45, 2.75) is 19.4 Å². The van der Waals surface area contributed by atoms with E-state index in [-0.39, 0.29) is 12.3 Å². The van der Waals surface area contributed by atoms with Gasteiger partial charge in [0.05, 0.1) is 17.8 Å². The number of para-hydroxylation sites is 1. The van der Waals surface area contributed by atoms with Crippen molar-refractivity contribution in [2.75, 3.05) is 5.32 Å². The van der Waals surface area contributed by atoms with E-state index in [0.29, 0.717) is 16.5 Å². The molecule has 7 nitrogen and oxygen atoms in total. The number of aromatic nitrogens is 4. The standard InChI is InChI=1S/C24H19ClN6O/c1-15-29-30-24-20(14-22(32)27-18-10-12-26-13-11-18)28-23(16-6-8-17(25)9-7-16)19-4-2-3-5-21(19)31(15)24/h2-13,20H,14H2,1H3,(H,26,27,32). The zero-order chi connectivity index (χ0) is 22.1. The molecule has 0 fully saturated rings. The van der Waals surface area contributed by atoms with Crippen LogP contribution < -0.4 is 5.32 Å². The van der Waals surface area contributed by atoms with E-state index in [1.165, 1.54) is 0 Å². The highest BCUT2D eigenvalue weighted by molar-refractivity contribution is 6.30. The SMILES string of the molecule is Cc1nnc2n1-c1ccccc1C(c1ccc(Cl)cc1)=NC2CC(=O)Nc1ccncc1. The fraction of sp³-hybridized carbons (Fsp3) is 0.125. The molecule has 0 spiro atoms. The molecule has 0 aliphatic carbocycles. The lowest BCUT2D eigenvalue weighted by atomic mass is 10.0. The number of halogens is 1. The van der Waals surface area contributed by atoms with Gasteiger partial charge in [-0.1, -0.05) is 41.9 Å². The molecular formula is C24H19ClN6O. The molecule has 8 heteroatoms. The number of nitrogens with one attached hydrogen (secondary N) is 1. The van der Waals surface area contributed by atoms with Crippen molar-refractivity contribution in [1.29, 1.82) is 0 Å². The van der Waals surface area contributed by atoms with Crippen molar-refractivity contribution in [3.05, 3.63) is 101 Å². The number of nitrogens with zero attached hydrogens (tertiary/aromatic N) is 5. The Kier molecular flexibility index (Phi) is 5.25. The Balaban J connectivity index is 1.61. The lowest BCUT2D eigenvalue weighted by Gasteiger charge is -2.13. The Morgan fingerprint density at radius 3 is 2.56 bits per heavy atom. The second-order valence-corrected chi connectivity index (χ2v) is 7.88. The van der Waals surface area contributed by atoms with Gasteiger partial charge in [0.1, 0.15) is 11.9 Å². The third-order valence-electron chi connectivity index (χ3n) is 5.29. The number of anilines is 1. The zero-order valence-electron chi connectivity index (χ0n) is 17.2. The summed E-state index contributed by atoms with van der Waals surface area (Å²) in [5, 5.41) is 12.2. The van der Waals surface area contributed by atoms with Gasteiger partial charge in [-0.25, -0.2) is 0 Å². The molecule has 2 aromatic heterocycles. The summed E-state index contributed by atoms with van der Waals surface area (Å²) in [6.45, 7) is 1.90. The first-order valence-corrected chi connectivity index (χ1v) is 10.5. The Bertz CT molecular complexity index is 1310. The van der Waals surface area contributed by atoms with Gasteiger partial charge >= 0.3 is 0 Å². The Morgan fingerprint density at radius 1 is 1.03 bits per heavy atom. The zero-order valence-corrected chi connectivity index (χ0v) is 18.0. The summed E-state index contributed by atoms with van der Waals surface area (Å²) in [7, 11) is 0. The fourth-order valence-corrected chi connectivity index (χ4v) is 3.97. The lowest BCUT2D eigenvalue weighted by Crippen LogP contribution is -2.17. The van der Waals surface area contributed by atoms with Crippen molar-refractivity contribution >= 4 is 28.9 Å². The molecule has 3 heterocycles. The molecule has 158 valence electrons. The molecule has 4 aromatic rings. The van der Waals surface area contributed by atoms with Crippen LogP contribution in [0.4, 0.5) is 5.69 Å². The van der Waals surface area contributed by atoms with Crippen molar-refractivity contribution in [3.63, 3.8) is 0 Å². The summed E-state index contributed by atoms with van der Waals surface area (Å²) in [5.41, 5.74) is 4.25. The highest BCUT2D eigenvalue weighted by Gasteiger charge is 2.29. The predicted molar refractivity (Wildman–Crippen MR) is 123 cm³/mol. The van der Waals surface area contributed by atoms with Crippen LogP contribution in [0.2, 0.25) is 5.02 Å². The maximum Gasteiger partial charge on any atom is 0.227 e. The van der Waals surface area contributed by atoms with Crippen LogP contribution in [0.3, 0.4) is 0 Å². The third-order valence-corrected chi connectivity index (χ3v) is 5.55. The first-order valence-electron chi connectivity index (χ1n) is 10.2. The summed E-state index contributed by atoms with van der Waals surface area (Å²) < 4.78 is 1.98. The molecule has 5 rings (SSSR count). The van der Waals surface area contributed by atoms with Gasteiger partial charge in [0.2, 0.25) is 5.91 Å². The van der Waals surface area contributed by atoms with E-state index in [1.54, 1.807) is 24.5 Å². The van der Waals surface area contributed by atoms with Crippen molar-refractivity contribution < 1.29 is 4.79 Å². The number of rotatable bonds is 4. The number of aryl methyl sites for hydroxylation is 1. The molecule has 1 atom stereocenters. The molecule has 2 aromatic carbocycles. The van der Waals surface area contributed by atoms with Crippen LogP contribution in [-0.4, -0.2) is 31.4 Å². The topological polar surface area (TPSA) is 85.1 Å². The van der Waals surface area contributed by atoms with Crippen LogP contribution in [-0.2, 0) is 4.79 Å². The van der Waals surface area contributed by atoms with Gasteiger partial charge in [-0.15, -0.1) is 10.2 Å². The summed E-state index contributed by atoms with van der Waals surface area (Å²) in [6.07, 6.45) is 3.38. The number of pyridine rings is 1. The molecular weight excluding hydrogens is 424 g/mol. The number of aliphatic imine (C=N–C) groups is 1. The number of fused-ring (bicyclic) bond motifs is 3. The summed E-state index contributed by atoms with van der Waals surface area (Å²) in [4.78, 5) is 21.9. The van der Waals surface area contributed by atoms with Crippen molar-refractivity contribution in [2.24, 2.45) is 4.99 Å². The molecule has 0 bridgehead atoms. The number of hydrogen-bond donors (Lipinski definition) is 1. The molecule has 1 N–H and O–H groups in total. The molecule has 32 heavy (non-hydrogen) atoms. The molecule has 1 aliphatic heterocycles. The number of carbonyl (C=O) groups excluding carboxylic acids is 1. The third kappa shape index (κ3) is 3.78.